The first-order valence-corrected chi connectivity index (χ1v) is 5.93. The SMILES string of the molecule is CCC(C)(CCl)NCCn1ccnc1C. The van der Waals surface area contributed by atoms with Crippen LogP contribution in [0.25, 0.3) is 0 Å². The highest BCUT2D eigenvalue weighted by Gasteiger charge is 2.18. The summed E-state index contributed by atoms with van der Waals surface area (Å²) >= 11 is 5.92. The Morgan fingerprint density at radius 3 is 2.80 bits per heavy atom. The summed E-state index contributed by atoms with van der Waals surface area (Å²) in [7, 11) is 0. The second-order valence-electron chi connectivity index (χ2n) is 4.14. The highest BCUT2D eigenvalue weighted by molar-refractivity contribution is 6.18. The standard InChI is InChI=1S/C11H20ClN3/c1-4-11(3,9-12)14-6-8-15-7-5-13-10(15)2/h5,7,14H,4,6,8-9H2,1-3H3. The van der Waals surface area contributed by atoms with Crippen LogP contribution in [0.4, 0.5) is 0 Å². The Kier molecular flexibility index (Phi) is 4.61. The Labute approximate surface area is 96.8 Å². The number of aryl methyl sites for hydroxylation is 1. The molecule has 4 heteroatoms. The summed E-state index contributed by atoms with van der Waals surface area (Å²) < 4.78 is 2.14. The largest absolute Gasteiger partial charge is 0.334 e. The Bertz CT molecular complexity index is 292. The Morgan fingerprint density at radius 2 is 2.33 bits per heavy atom. The third-order valence-corrected chi connectivity index (χ3v) is 3.49. The van der Waals surface area contributed by atoms with Crippen LogP contribution in [0.5, 0.6) is 0 Å². The van der Waals surface area contributed by atoms with Gasteiger partial charge in [-0.2, -0.15) is 0 Å². The summed E-state index contributed by atoms with van der Waals surface area (Å²) in [5, 5.41) is 3.48. The number of hydrogen-bond acceptors (Lipinski definition) is 2. The topological polar surface area (TPSA) is 29.9 Å². The number of alkyl halides is 1. The maximum Gasteiger partial charge on any atom is 0.105 e. The van der Waals surface area contributed by atoms with Crippen molar-refractivity contribution in [2.75, 3.05) is 12.4 Å². The van der Waals surface area contributed by atoms with E-state index >= 15 is 0 Å². The van der Waals surface area contributed by atoms with E-state index < -0.39 is 0 Å². The molecular weight excluding hydrogens is 210 g/mol. The van der Waals surface area contributed by atoms with E-state index in [9.17, 15) is 0 Å². The lowest BCUT2D eigenvalue weighted by Crippen LogP contribution is -2.44. The number of aromatic nitrogens is 2. The smallest absolute Gasteiger partial charge is 0.105 e. The van der Waals surface area contributed by atoms with Crippen LogP contribution in [0.3, 0.4) is 0 Å². The highest BCUT2D eigenvalue weighted by Crippen LogP contribution is 2.10. The predicted molar refractivity (Wildman–Crippen MR) is 64.4 cm³/mol. The number of imidazole rings is 1. The molecule has 1 aromatic heterocycles. The van der Waals surface area contributed by atoms with Crippen molar-refractivity contribution in [2.24, 2.45) is 0 Å². The maximum atomic E-state index is 5.92. The van der Waals surface area contributed by atoms with Gasteiger partial charge in [-0.15, -0.1) is 11.6 Å². The molecule has 1 aromatic rings. The van der Waals surface area contributed by atoms with Crippen LogP contribution in [0.2, 0.25) is 0 Å². The summed E-state index contributed by atoms with van der Waals surface area (Å²) in [5.74, 6) is 1.70. The van der Waals surface area contributed by atoms with E-state index in [1.165, 1.54) is 0 Å². The molecule has 1 heterocycles. The van der Waals surface area contributed by atoms with Crippen molar-refractivity contribution < 1.29 is 0 Å². The van der Waals surface area contributed by atoms with Gasteiger partial charge in [-0.1, -0.05) is 6.92 Å². The predicted octanol–water partition coefficient (Wildman–Crippen LogP) is 2.19. The van der Waals surface area contributed by atoms with E-state index in [-0.39, 0.29) is 5.54 Å². The van der Waals surface area contributed by atoms with Gasteiger partial charge in [0.2, 0.25) is 0 Å². The molecule has 0 saturated heterocycles. The number of nitrogens with one attached hydrogen (secondary N) is 1. The number of rotatable bonds is 6. The first-order chi connectivity index (χ1) is 7.11. The van der Waals surface area contributed by atoms with E-state index in [2.05, 4.69) is 28.7 Å². The zero-order valence-corrected chi connectivity index (χ0v) is 10.5. The Balaban J connectivity index is 2.36. The lowest BCUT2D eigenvalue weighted by Gasteiger charge is -2.27. The van der Waals surface area contributed by atoms with Crippen LogP contribution < -0.4 is 5.32 Å². The fourth-order valence-electron chi connectivity index (χ4n) is 1.38. The summed E-state index contributed by atoms with van der Waals surface area (Å²) in [6.45, 7) is 8.19. The molecule has 1 atom stereocenters. The van der Waals surface area contributed by atoms with Crippen LogP contribution in [0.15, 0.2) is 12.4 Å². The van der Waals surface area contributed by atoms with Gasteiger partial charge < -0.3 is 9.88 Å². The monoisotopic (exact) mass is 229 g/mol. The molecule has 1 rings (SSSR count). The van der Waals surface area contributed by atoms with Crippen LogP contribution in [-0.4, -0.2) is 27.5 Å². The van der Waals surface area contributed by atoms with Crippen molar-refractivity contribution in [1.82, 2.24) is 14.9 Å². The minimum atomic E-state index is 0.0516. The van der Waals surface area contributed by atoms with Crippen molar-refractivity contribution in [2.45, 2.75) is 39.3 Å². The molecule has 3 nitrogen and oxygen atoms in total. The van der Waals surface area contributed by atoms with E-state index in [0.717, 1.165) is 25.3 Å². The third kappa shape index (κ3) is 3.50. The first kappa shape index (κ1) is 12.5. The second-order valence-corrected chi connectivity index (χ2v) is 4.41. The fraction of sp³-hybridized carbons (Fsp3) is 0.727. The minimum absolute atomic E-state index is 0.0516. The first-order valence-electron chi connectivity index (χ1n) is 5.40. The highest BCUT2D eigenvalue weighted by atomic mass is 35.5. The Morgan fingerprint density at radius 1 is 1.60 bits per heavy atom. The van der Waals surface area contributed by atoms with Crippen molar-refractivity contribution in [3.63, 3.8) is 0 Å². The molecule has 86 valence electrons. The molecule has 1 unspecified atom stereocenters. The average molecular weight is 230 g/mol. The zero-order valence-electron chi connectivity index (χ0n) is 9.76. The molecule has 0 radical (unpaired) electrons. The van der Waals surface area contributed by atoms with Gasteiger partial charge in [0.15, 0.2) is 0 Å². The normalized spacial score (nSPS) is 15.2. The Hall–Kier alpha value is -0.540. The van der Waals surface area contributed by atoms with Gasteiger partial charge in [0.25, 0.3) is 0 Å². The molecular formula is C11H20ClN3. The average Bonchev–Trinajstić information content (AvgIpc) is 2.64. The summed E-state index contributed by atoms with van der Waals surface area (Å²) in [4.78, 5) is 4.18. The molecule has 1 N–H and O–H groups in total. The lowest BCUT2D eigenvalue weighted by atomic mass is 10.0. The van der Waals surface area contributed by atoms with E-state index in [1.54, 1.807) is 0 Å². The molecule has 0 aliphatic carbocycles. The van der Waals surface area contributed by atoms with Gasteiger partial charge in [0, 0.05) is 36.9 Å². The minimum Gasteiger partial charge on any atom is -0.334 e. The molecule has 0 fully saturated rings. The van der Waals surface area contributed by atoms with Crippen LogP contribution in [0.1, 0.15) is 26.1 Å². The van der Waals surface area contributed by atoms with E-state index in [0.29, 0.717) is 5.88 Å². The molecule has 0 saturated carbocycles. The van der Waals surface area contributed by atoms with Gasteiger partial charge in [-0.3, -0.25) is 0 Å². The van der Waals surface area contributed by atoms with Gasteiger partial charge >= 0.3 is 0 Å². The summed E-state index contributed by atoms with van der Waals surface area (Å²) in [6, 6.07) is 0. The third-order valence-electron chi connectivity index (χ3n) is 2.90. The molecule has 0 amide bonds. The molecule has 0 bridgehead atoms. The summed E-state index contributed by atoms with van der Waals surface area (Å²) in [5.41, 5.74) is 0.0516. The number of halogens is 1. The van der Waals surface area contributed by atoms with Crippen LogP contribution in [0, 0.1) is 6.92 Å². The summed E-state index contributed by atoms with van der Waals surface area (Å²) in [6.07, 6.45) is 4.87. The van der Waals surface area contributed by atoms with Crippen molar-refractivity contribution >= 4 is 11.6 Å². The molecule has 0 aromatic carbocycles. The van der Waals surface area contributed by atoms with E-state index in [1.807, 2.05) is 19.3 Å². The molecule has 0 aliphatic rings. The van der Waals surface area contributed by atoms with Crippen LogP contribution >= 0.6 is 11.6 Å². The fourth-order valence-corrected chi connectivity index (χ4v) is 1.67. The quantitative estimate of drug-likeness (QED) is 0.758. The van der Waals surface area contributed by atoms with Crippen molar-refractivity contribution in [1.29, 1.82) is 0 Å². The molecule has 0 spiro atoms. The van der Waals surface area contributed by atoms with Gasteiger partial charge in [-0.25, -0.2) is 4.98 Å². The van der Waals surface area contributed by atoms with Gasteiger partial charge in [-0.05, 0) is 20.3 Å². The van der Waals surface area contributed by atoms with Crippen molar-refractivity contribution in [3.05, 3.63) is 18.2 Å². The van der Waals surface area contributed by atoms with Gasteiger partial charge in [0.1, 0.15) is 5.82 Å². The number of nitrogens with zero attached hydrogens (tertiary/aromatic N) is 2. The second kappa shape index (κ2) is 5.52. The molecule has 0 aliphatic heterocycles. The molecule has 15 heavy (non-hydrogen) atoms. The zero-order chi connectivity index (χ0) is 11.3. The van der Waals surface area contributed by atoms with E-state index in [4.69, 9.17) is 11.6 Å². The van der Waals surface area contributed by atoms with Crippen LogP contribution in [-0.2, 0) is 6.54 Å². The number of hydrogen-bond donors (Lipinski definition) is 1. The lowest BCUT2D eigenvalue weighted by molar-refractivity contribution is 0.371. The maximum absolute atomic E-state index is 5.92. The van der Waals surface area contributed by atoms with Crippen molar-refractivity contribution in [3.8, 4) is 0 Å². The van der Waals surface area contributed by atoms with Gasteiger partial charge in [0.05, 0.1) is 0 Å².